The molecule has 5 heteroatoms. The van der Waals surface area contributed by atoms with Gasteiger partial charge in [0.25, 0.3) is 0 Å². The highest BCUT2D eigenvalue weighted by Crippen LogP contribution is 2.17. The SMILES string of the molecule is CCCCCCCC[C@H](CCCNC(N)=O)C(=O)O. The van der Waals surface area contributed by atoms with Gasteiger partial charge in [0.1, 0.15) is 0 Å². The fourth-order valence-corrected chi connectivity index (χ4v) is 2.12. The summed E-state index contributed by atoms with van der Waals surface area (Å²) in [5.41, 5.74) is 4.94. The molecule has 0 spiro atoms. The van der Waals surface area contributed by atoms with E-state index < -0.39 is 12.0 Å². The lowest BCUT2D eigenvalue weighted by Crippen LogP contribution is -2.30. The van der Waals surface area contributed by atoms with Crippen LogP contribution in [0.1, 0.15) is 64.7 Å². The average molecular weight is 272 g/mol. The van der Waals surface area contributed by atoms with Crippen LogP contribution in [0.4, 0.5) is 4.79 Å². The molecule has 0 aromatic heterocycles. The molecule has 0 aromatic carbocycles. The van der Waals surface area contributed by atoms with Crippen molar-refractivity contribution in [2.24, 2.45) is 11.7 Å². The predicted octanol–water partition coefficient (Wildman–Crippen LogP) is 2.89. The van der Waals surface area contributed by atoms with Crippen LogP contribution in [0.5, 0.6) is 0 Å². The highest BCUT2D eigenvalue weighted by molar-refractivity contribution is 5.71. The Bertz CT molecular complexity index is 257. The second-order valence-electron chi connectivity index (χ2n) is 5.02. The third-order valence-electron chi connectivity index (χ3n) is 3.28. The number of unbranched alkanes of at least 4 members (excludes halogenated alkanes) is 5. The molecule has 5 nitrogen and oxygen atoms in total. The fraction of sp³-hybridized carbons (Fsp3) is 0.857. The summed E-state index contributed by atoms with van der Waals surface area (Å²) in [4.78, 5) is 21.6. The van der Waals surface area contributed by atoms with E-state index in [1.54, 1.807) is 0 Å². The second-order valence-corrected chi connectivity index (χ2v) is 5.02. The summed E-state index contributed by atoms with van der Waals surface area (Å²) in [6, 6.07) is -0.553. The zero-order valence-corrected chi connectivity index (χ0v) is 12.0. The lowest BCUT2D eigenvalue weighted by atomic mass is 9.96. The van der Waals surface area contributed by atoms with Crippen molar-refractivity contribution < 1.29 is 14.7 Å². The molecule has 4 N–H and O–H groups in total. The van der Waals surface area contributed by atoms with E-state index in [0.29, 0.717) is 19.4 Å². The van der Waals surface area contributed by atoms with Crippen molar-refractivity contribution in [1.29, 1.82) is 0 Å². The van der Waals surface area contributed by atoms with E-state index in [1.165, 1.54) is 25.7 Å². The monoisotopic (exact) mass is 272 g/mol. The molecule has 0 aliphatic rings. The molecule has 0 aliphatic carbocycles. The molecular weight excluding hydrogens is 244 g/mol. The van der Waals surface area contributed by atoms with Crippen LogP contribution in [0.15, 0.2) is 0 Å². The molecule has 1 atom stereocenters. The quantitative estimate of drug-likeness (QED) is 0.477. The number of amides is 2. The number of urea groups is 1. The topological polar surface area (TPSA) is 92.4 Å². The van der Waals surface area contributed by atoms with E-state index in [9.17, 15) is 9.59 Å². The zero-order chi connectivity index (χ0) is 14.5. The van der Waals surface area contributed by atoms with E-state index in [2.05, 4.69) is 12.2 Å². The molecule has 0 rings (SSSR count). The molecule has 0 saturated carbocycles. The maximum absolute atomic E-state index is 11.1. The second kappa shape index (κ2) is 11.8. The van der Waals surface area contributed by atoms with Crippen molar-refractivity contribution in [2.45, 2.75) is 64.7 Å². The summed E-state index contributed by atoms with van der Waals surface area (Å²) < 4.78 is 0. The number of nitrogens with one attached hydrogen (secondary N) is 1. The number of hydrogen-bond acceptors (Lipinski definition) is 2. The van der Waals surface area contributed by atoms with Crippen molar-refractivity contribution in [2.75, 3.05) is 6.54 Å². The molecule has 0 unspecified atom stereocenters. The van der Waals surface area contributed by atoms with Crippen LogP contribution in [0.3, 0.4) is 0 Å². The highest BCUT2D eigenvalue weighted by Gasteiger charge is 2.16. The Hall–Kier alpha value is -1.26. The lowest BCUT2D eigenvalue weighted by Gasteiger charge is -2.12. The van der Waals surface area contributed by atoms with Gasteiger partial charge in [-0.05, 0) is 19.3 Å². The number of primary amides is 1. The smallest absolute Gasteiger partial charge is 0.312 e. The number of carboxylic acid groups (broad SMARTS) is 1. The Balaban J connectivity index is 3.63. The standard InChI is InChI=1S/C14H28N2O3/c1-2-3-4-5-6-7-9-12(13(17)18)10-8-11-16-14(15)19/h12H,2-11H2,1H3,(H,17,18)(H3,15,16,19)/t12-/m1/s1. The van der Waals surface area contributed by atoms with Crippen molar-refractivity contribution in [3.05, 3.63) is 0 Å². The van der Waals surface area contributed by atoms with Crippen LogP contribution in [0, 0.1) is 5.92 Å². The van der Waals surface area contributed by atoms with E-state index in [0.717, 1.165) is 19.3 Å². The molecular formula is C14H28N2O3. The van der Waals surface area contributed by atoms with Crippen LogP contribution in [-0.4, -0.2) is 23.7 Å². The van der Waals surface area contributed by atoms with Crippen LogP contribution in [0.2, 0.25) is 0 Å². The first kappa shape index (κ1) is 17.7. The number of hydrogen-bond donors (Lipinski definition) is 3. The first-order valence-corrected chi connectivity index (χ1v) is 7.34. The van der Waals surface area contributed by atoms with Gasteiger partial charge in [-0.3, -0.25) is 4.79 Å². The summed E-state index contributed by atoms with van der Waals surface area (Å²) in [5, 5.41) is 11.6. The molecule has 0 fully saturated rings. The maximum Gasteiger partial charge on any atom is 0.312 e. The molecule has 19 heavy (non-hydrogen) atoms. The Kier molecular flexibility index (Phi) is 11.0. The van der Waals surface area contributed by atoms with Gasteiger partial charge in [-0.2, -0.15) is 0 Å². The van der Waals surface area contributed by atoms with Gasteiger partial charge >= 0.3 is 12.0 Å². The number of rotatable bonds is 12. The van der Waals surface area contributed by atoms with Gasteiger partial charge in [0, 0.05) is 6.54 Å². The van der Waals surface area contributed by atoms with Crippen LogP contribution >= 0.6 is 0 Å². The number of carbonyl (C=O) groups excluding carboxylic acids is 1. The van der Waals surface area contributed by atoms with Gasteiger partial charge in [0.15, 0.2) is 0 Å². The minimum atomic E-state index is -0.729. The molecule has 0 radical (unpaired) electrons. The molecule has 0 bridgehead atoms. The van der Waals surface area contributed by atoms with Gasteiger partial charge in [-0.15, -0.1) is 0 Å². The summed E-state index contributed by atoms with van der Waals surface area (Å²) in [5.74, 6) is -1.02. The maximum atomic E-state index is 11.1. The summed E-state index contributed by atoms with van der Waals surface area (Å²) in [6.07, 6.45) is 9.03. The first-order valence-electron chi connectivity index (χ1n) is 7.34. The van der Waals surface area contributed by atoms with Crippen molar-refractivity contribution in [1.82, 2.24) is 5.32 Å². The third kappa shape index (κ3) is 11.6. The minimum Gasteiger partial charge on any atom is -0.481 e. The van der Waals surface area contributed by atoms with E-state index in [1.807, 2.05) is 0 Å². The van der Waals surface area contributed by atoms with E-state index >= 15 is 0 Å². The van der Waals surface area contributed by atoms with Gasteiger partial charge in [-0.1, -0.05) is 45.4 Å². The van der Waals surface area contributed by atoms with Crippen molar-refractivity contribution >= 4 is 12.0 Å². The summed E-state index contributed by atoms with van der Waals surface area (Å²) in [7, 11) is 0. The van der Waals surface area contributed by atoms with Gasteiger partial charge in [0.05, 0.1) is 5.92 Å². The van der Waals surface area contributed by atoms with Crippen molar-refractivity contribution in [3.8, 4) is 0 Å². The van der Waals surface area contributed by atoms with Crippen molar-refractivity contribution in [3.63, 3.8) is 0 Å². The highest BCUT2D eigenvalue weighted by atomic mass is 16.4. The lowest BCUT2D eigenvalue weighted by molar-refractivity contribution is -0.142. The summed E-state index contributed by atoms with van der Waals surface area (Å²) in [6.45, 7) is 2.64. The van der Waals surface area contributed by atoms with Crippen LogP contribution in [0.25, 0.3) is 0 Å². The Labute approximate surface area is 115 Å². The largest absolute Gasteiger partial charge is 0.481 e. The number of aliphatic carboxylic acids is 1. The van der Waals surface area contributed by atoms with E-state index in [4.69, 9.17) is 10.8 Å². The van der Waals surface area contributed by atoms with Crippen LogP contribution in [-0.2, 0) is 4.79 Å². The number of carboxylic acids is 1. The molecule has 112 valence electrons. The van der Waals surface area contributed by atoms with Crippen LogP contribution < -0.4 is 11.1 Å². The first-order chi connectivity index (χ1) is 9.07. The third-order valence-corrected chi connectivity index (χ3v) is 3.28. The zero-order valence-electron chi connectivity index (χ0n) is 12.0. The molecule has 0 heterocycles. The molecule has 0 saturated heterocycles. The molecule has 0 aromatic rings. The summed E-state index contributed by atoms with van der Waals surface area (Å²) >= 11 is 0. The fourth-order valence-electron chi connectivity index (χ4n) is 2.12. The number of nitrogens with two attached hydrogens (primary N) is 1. The predicted molar refractivity (Wildman–Crippen MR) is 75.9 cm³/mol. The Morgan fingerprint density at radius 2 is 1.63 bits per heavy atom. The van der Waals surface area contributed by atoms with Gasteiger partial charge in [0.2, 0.25) is 0 Å². The Morgan fingerprint density at radius 1 is 1.05 bits per heavy atom. The van der Waals surface area contributed by atoms with E-state index in [-0.39, 0.29) is 5.92 Å². The number of carbonyl (C=O) groups is 2. The Morgan fingerprint density at radius 3 is 2.21 bits per heavy atom. The normalized spacial score (nSPS) is 12.1. The molecule has 2 amide bonds. The van der Waals surface area contributed by atoms with Gasteiger partial charge < -0.3 is 16.2 Å². The average Bonchev–Trinajstić information content (AvgIpc) is 2.35. The van der Waals surface area contributed by atoms with Gasteiger partial charge in [-0.25, -0.2) is 4.79 Å². The minimum absolute atomic E-state index is 0.291. The molecule has 0 aliphatic heterocycles.